The molecule has 1 amide bonds. The zero-order valence-corrected chi connectivity index (χ0v) is 14.1. The van der Waals surface area contributed by atoms with Crippen molar-refractivity contribution in [1.82, 2.24) is 4.98 Å². The number of fused-ring (bicyclic) bond motifs is 1. The van der Waals surface area contributed by atoms with Crippen LogP contribution in [0, 0.1) is 13.8 Å². The minimum absolute atomic E-state index is 0.221. The lowest BCUT2D eigenvalue weighted by atomic mass is 10.0. The van der Waals surface area contributed by atoms with Gasteiger partial charge in [0.2, 0.25) is 5.91 Å². The Morgan fingerprint density at radius 2 is 1.88 bits per heavy atom. The van der Waals surface area contributed by atoms with Crippen molar-refractivity contribution in [3.8, 4) is 17.0 Å². The molecular weight excluding hydrogens is 300 g/mol. The molecule has 0 aliphatic rings. The fourth-order valence-corrected chi connectivity index (χ4v) is 2.89. The van der Waals surface area contributed by atoms with Crippen LogP contribution in [0.15, 0.2) is 42.5 Å². The number of carbonyl (C=O) groups is 1. The van der Waals surface area contributed by atoms with E-state index in [4.69, 9.17) is 15.5 Å². The van der Waals surface area contributed by atoms with Gasteiger partial charge in [-0.2, -0.15) is 0 Å². The third kappa shape index (κ3) is 3.08. The number of aromatic nitrogens is 1. The Kier molecular flexibility index (Phi) is 4.21. The molecule has 3 aromatic rings. The maximum atomic E-state index is 11.2. The van der Waals surface area contributed by atoms with Crippen molar-refractivity contribution in [2.45, 2.75) is 20.3 Å². The Hall–Kier alpha value is -2.88. The van der Waals surface area contributed by atoms with E-state index in [1.165, 1.54) is 0 Å². The van der Waals surface area contributed by atoms with Gasteiger partial charge in [-0.25, -0.2) is 4.98 Å². The summed E-state index contributed by atoms with van der Waals surface area (Å²) in [5.74, 6) is 0.500. The highest BCUT2D eigenvalue weighted by Gasteiger charge is 2.09. The Labute approximate surface area is 141 Å². The molecule has 0 radical (unpaired) electrons. The highest BCUT2D eigenvalue weighted by atomic mass is 16.5. The van der Waals surface area contributed by atoms with E-state index in [0.29, 0.717) is 0 Å². The predicted octanol–water partition coefficient (Wildman–Crippen LogP) is 3.56. The van der Waals surface area contributed by atoms with Gasteiger partial charge in [-0.3, -0.25) is 4.79 Å². The second-order valence-corrected chi connectivity index (χ2v) is 6.00. The van der Waals surface area contributed by atoms with E-state index in [0.717, 1.165) is 44.6 Å². The molecule has 24 heavy (non-hydrogen) atoms. The molecule has 0 saturated carbocycles. The Morgan fingerprint density at radius 3 is 2.58 bits per heavy atom. The van der Waals surface area contributed by atoms with Gasteiger partial charge in [-0.15, -0.1) is 0 Å². The molecule has 0 aliphatic carbocycles. The Morgan fingerprint density at radius 1 is 1.08 bits per heavy atom. The third-order valence-electron chi connectivity index (χ3n) is 4.16. The smallest absolute Gasteiger partial charge is 0.221 e. The fraction of sp³-hybridized carbons (Fsp3) is 0.200. The standard InChI is InChI=1S/C20H20N2O2/c1-12-4-6-15(11-19(12)24-3)17-8-13(2)16-7-5-14(10-20(21)23)9-18(16)22-17/h4-9,11H,10H2,1-3H3,(H2,21,23). The number of benzene rings is 2. The zero-order valence-electron chi connectivity index (χ0n) is 14.1. The van der Waals surface area contributed by atoms with Gasteiger partial charge in [0.05, 0.1) is 24.7 Å². The van der Waals surface area contributed by atoms with Gasteiger partial charge in [-0.1, -0.05) is 24.3 Å². The highest BCUT2D eigenvalue weighted by Crippen LogP contribution is 2.29. The number of carbonyl (C=O) groups excluding carboxylic acids is 1. The molecule has 0 spiro atoms. The summed E-state index contributed by atoms with van der Waals surface area (Å²) in [5, 5.41) is 1.08. The molecule has 1 heterocycles. The number of ether oxygens (including phenoxy) is 1. The summed E-state index contributed by atoms with van der Waals surface area (Å²) in [6, 6.07) is 14.0. The summed E-state index contributed by atoms with van der Waals surface area (Å²) in [6.07, 6.45) is 0.221. The Bertz CT molecular complexity index is 932. The van der Waals surface area contributed by atoms with E-state index in [2.05, 4.69) is 13.0 Å². The van der Waals surface area contributed by atoms with Crippen LogP contribution in [0.3, 0.4) is 0 Å². The minimum atomic E-state index is -0.342. The van der Waals surface area contributed by atoms with Crippen molar-refractivity contribution < 1.29 is 9.53 Å². The number of methoxy groups -OCH3 is 1. The molecule has 4 heteroatoms. The van der Waals surface area contributed by atoms with Gasteiger partial charge in [0.25, 0.3) is 0 Å². The first-order valence-electron chi connectivity index (χ1n) is 7.81. The first kappa shape index (κ1) is 16.0. The van der Waals surface area contributed by atoms with E-state index in [-0.39, 0.29) is 12.3 Å². The van der Waals surface area contributed by atoms with Crippen molar-refractivity contribution in [3.05, 3.63) is 59.2 Å². The van der Waals surface area contributed by atoms with Crippen LogP contribution in [0.5, 0.6) is 5.75 Å². The van der Waals surface area contributed by atoms with Gasteiger partial charge in [0.15, 0.2) is 0 Å². The highest BCUT2D eigenvalue weighted by molar-refractivity contribution is 5.87. The first-order valence-corrected chi connectivity index (χ1v) is 7.81. The molecule has 0 saturated heterocycles. The fourth-order valence-electron chi connectivity index (χ4n) is 2.89. The van der Waals surface area contributed by atoms with E-state index < -0.39 is 0 Å². The number of nitrogens with zero attached hydrogens (tertiary/aromatic N) is 1. The number of amides is 1. The van der Waals surface area contributed by atoms with Crippen molar-refractivity contribution in [3.63, 3.8) is 0 Å². The SMILES string of the molecule is COc1cc(-c2cc(C)c3ccc(CC(N)=O)cc3n2)ccc1C. The van der Waals surface area contributed by atoms with Crippen LogP contribution in [0.4, 0.5) is 0 Å². The summed E-state index contributed by atoms with van der Waals surface area (Å²) in [4.78, 5) is 15.9. The van der Waals surface area contributed by atoms with Gasteiger partial charge < -0.3 is 10.5 Å². The number of rotatable bonds is 4. The maximum Gasteiger partial charge on any atom is 0.221 e. The lowest BCUT2D eigenvalue weighted by Crippen LogP contribution is -2.13. The van der Waals surface area contributed by atoms with Crippen molar-refractivity contribution >= 4 is 16.8 Å². The molecule has 0 atom stereocenters. The lowest BCUT2D eigenvalue weighted by molar-refractivity contribution is -0.117. The van der Waals surface area contributed by atoms with E-state index in [1.54, 1.807) is 7.11 Å². The minimum Gasteiger partial charge on any atom is -0.496 e. The van der Waals surface area contributed by atoms with Crippen molar-refractivity contribution in [2.75, 3.05) is 7.11 Å². The van der Waals surface area contributed by atoms with Crippen molar-refractivity contribution in [1.29, 1.82) is 0 Å². The summed E-state index contributed by atoms with van der Waals surface area (Å²) >= 11 is 0. The summed E-state index contributed by atoms with van der Waals surface area (Å²) < 4.78 is 5.41. The molecule has 1 aromatic heterocycles. The van der Waals surface area contributed by atoms with Crippen LogP contribution in [-0.2, 0) is 11.2 Å². The zero-order chi connectivity index (χ0) is 17.3. The van der Waals surface area contributed by atoms with Gasteiger partial charge >= 0.3 is 0 Å². The molecule has 2 aromatic carbocycles. The lowest BCUT2D eigenvalue weighted by Gasteiger charge is -2.10. The van der Waals surface area contributed by atoms with Gasteiger partial charge in [0, 0.05) is 10.9 Å². The topological polar surface area (TPSA) is 65.2 Å². The van der Waals surface area contributed by atoms with Crippen LogP contribution in [0.2, 0.25) is 0 Å². The summed E-state index contributed by atoms with van der Waals surface area (Å²) in [5.41, 5.74) is 11.1. The second kappa shape index (κ2) is 6.32. The summed E-state index contributed by atoms with van der Waals surface area (Å²) in [7, 11) is 1.67. The van der Waals surface area contributed by atoms with Crippen LogP contribution in [0.25, 0.3) is 22.2 Å². The average molecular weight is 320 g/mol. The maximum absolute atomic E-state index is 11.2. The quantitative estimate of drug-likeness (QED) is 0.799. The van der Waals surface area contributed by atoms with Crippen LogP contribution < -0.4 is 10.5 Å². The van der Waals surface area contributed by atoms with E-state index in [1.807, 2.05) is 43.3 Å². The van der Waals surface area contributed by atoms with E-state index in [9.17, 15) is 4.79 Å². The summed E-state index contributed by atoms with van der Waals surface area (Å²) in [6.45, 7) is 4.07. The molecule has 0 fully saturated rings. The molecule has 2 N–H and O–H groups in total. The number of hydrogen-bond donors (Lipinski definition) is 1. The van der Waals surface area contributed by atoms with Crippen LogP contribution in [0.1, 0.15) is 16.7 Å². The second-order valence-electron chi connectivity index (χ2n) is 6.00. The molecule has 0 aliphatic heterocycles. The molecule has 4 nitrogen and oxygen atoms in total. The number of pyridine rings is 1. The molecule has 0 bridgehead atoms. The molecule has 122 valence electrons. The average Bonchev–Trinajstić information content (AvgIpc) is 2.54. The normalized spacial score (nSPS) is 10.8. The van der Waals surface area contributed by atoms with E-state index >= 15 is 0 Å². The Balaban J connectivity index is 2.13. The largest absolute Gasteiger partial charge is 0.496 e. The number of nitrogens with two attached hydrogens (primary N) is 1. The van der Waals surface area contributed by atoms with Crippen LogP contribution in [-0.4, -0.2) is 18.0 Å². The van der Waals surface area contributed by atoms with Gasteiger partial charge in [0.1, 0.15) is 5.75 Å². The molecular formula is C20H20N2O2. The number of aryl methyl sites for hydroxylation is 2. The first-order chi connectivity index (χ1) is 11.5. The monoisotopic (exact) mass is 320 g/mol. The third-order valence-corrected chi connectivity index (χ3v) is 4.16. The predicted molar refractivity (Wildman–Crippen MR) is 96.1 cm³/mol. The number of primary amides is 1. The molecule has 3 rings (SSSR count). The van der Waals surface area contributed by atoms with Crippen molar-refractivity contribution in [2.24, 2.45) is 5.73 Å². The van der Waals surface area contributed by atoms with Crippen LogP contribution >= 0.6 is 0 Å². The molecule has 0 unspecified atom stereocenters. The number of hydrogen-bond acceptors (Lipinski definition) is 3. The van der Waals surface area contributed by atoms with Gasteiger partial charge in [-0.05, 0) is 48.7 Å².